The molecular formula is C34H26N10O. The molecule has 0 atom stereocenters. The minimum atomic E-state index is -0.0166. The van der Waals surface area contributed by atoms with Crippen molar-refractivity contribution < 1.29 is 4.79 Å². The van der Waals surface area contributed by atoms with E-state index in [0.29, 0.717) is 36.1 Å². The summed E-state index contributed by atoms with van der Waals surface area (Å²) in [6, 6.07) is 33.5. The van der Waals surface area contributed by atoms with Gasteiger partial charge in [-0.1, -0.05) is 54.6 Å². The number of rotatable bonds is 6. The van der Waals surface area contributed by atoms with Crippen molar-refractivity contribution in [2.24, 2.45) is 0 Å². The molecule has 1 fully saturated rings. The Labute approximate surface area is 257 Å². The number of H-pyrrole nitrogens is 1. The Bertz CT molecular complexity index is 2150. The van der Waals surface area contributed by atoms with Crippen molar-refractivity contribution in [3.8, 4) is 39.7 Å². The SMILES string of the molecule is Nc1ncccc1-c1nc2ccc(-c3ccccc3)nc2n1-c1ccc(C2CN(C(=O)c3cccc(-c4nn[nH]n4)c3)C2)cc1. The van der Waals surface area contributed by atoms with Gasteiger partial charge >= 0.3 is 0 Å². The summed E-state index contributed by atoms with van der Waals surface area (Å²) >= 11 is 0. The van der Waals surface area contributed by atoms with Crippen LogP contribution < -0.4 is 5.73 Å². The summed E-state index contributed by atoms with van der Waals surface area (Å²) in [5, 5.41) is 14.1. The summed E-state index contributed by atoms with van der Waals surface area (Å²) in [6.45, 7) is 1.27. The summed E-state index contributed by atoms with van der Waals surface area (Å²) in [5.41, 5.74) is 13.8. The van der Waals surface area contributed by atoms with Crippen LogP contribution in [0.5, 0.6) is 0 Å². The van der Waals surface area contributed by atoms with Crippen molar-refractivity contribution in [1.29, 1.82) is 0 Å². The first-order valence-corrected chi connectivity index (χ1v) is 14.5. The van der Waals surface area contributed by atoms with Crippen LogP contribution in [-0.2, 0) is 0 Å². The van der Waals surface area contributed by atoms with Gasteiger partial charge in [0.25, 0.3) is 5.91 Å². The fourth-order valence-corrected chi connectivity index (χ4v) is 5.77. The number of carbonyl (C=O) groups excluding carboxylic acids is 1. The van der Waals surface area contributed by atoms with Crippen LogP contribution in [0.2, 0.25) is 0 Å². The molecule has 1 saturated heterocycles. The van der Waals surface area contributed by atoms with Crippen LogP contribution in [0.25, 0.3) is 50.9 Å². The number of pyridine rings is 2. The number of carbonyl (C=O) groups is 1. The molecule has 0 bridgehead atoms. The van der Waals surface area contributed by atoms with Crippen LogP contribution in [0.1, 0.15) is 21.8 Å². The summed E-state index contributed by atoms with van der Waals surface area (Å²) < 4.78 is 2.03. The molecule has 1 amide bonds. The first-order valence-electron chi connectivity index (χ1n) is 14.5. The first-order chi connectivity index (χ1) is 22.1. The number of tetrazole rings is 1. The van der Waals surface area contributed by atoms with Gasteiger partial charge in [0.1, 0.15) is 11.3 Å². The van der Waals surface area contributed by atoms with Crippen LogP contribution in [0.15, 0.2) is 109 Å². The van der Waals surface area contributed by atoms with Crippen LogP contribution >= 0.6 is 0 Å². The molecular weight excluding hydrogens is 564 g/mol. The Hall–Kier alpha value is -6.23. The van der Waals surface area contributed by atoms with Crippen LogP contribution in [0, 0.1) is 0 Å². The van der Waals surface area contributed by atoms with E-state index in [0.717, 1.165) is 44.8 Å². The molecule has 11 heteroatoms. The van der Waals surface area contributed by atoms with Gasteiger partial charge in [-0.05, 0) is 59.3 Å². The van der Waals surface area contributed by atoms with Gasteiger partial charge in [-0.3, -0.25) is 9.36 Å². The number of anilines is 1. The van der Waals surface area contributed by atoms with E-state index in [9.17, 15) is 4.79 Å². The second-order valence-electron chi connectivity index (χ2n) is 10.9. The largest absolute Gasteiger partial charge is 0.383 e. The smallest absolute Gasteiger partial charge is 0.253 e. The van der Waals surface area contributed by atoms with Crippen molar-refractivity contribution in [3.63, 3.8) is 0 Å². The van der Waals surface area contributed by atoms with E-state index in [1.165, 1.54) is 0 Å². The molecule has 7 aromatic rings. The number of hydrogen-bond acceptors (Lipinski definition) is 8. The number of hydrogen-bond donors (Lipinski definition) is 2. The van der Waals surface area contributed by atoms with Crippen LogP contribution in [0.3, 0.4) is 0 Å². The van der Waals surface area contributed by atoms with E-state index in [2.05, 4.69) is 49.9 Å². The molecule has 8 rings (SSSR count). The van der Waals surface area contributed by atoms with E-state index in [1.54, 1.807) is 12.3 Å². The number of nitrogen functional groups attached to an aromatic ring is 1. The summed E-state index contributed by atoms with van der Waals surface area (Å²) in [6.07, 6.45) is 1.67. The average Bonchev–Trinajstić information content (AvgIpc) is 3.74. The molecule has 3 N–H and O–H groups in total. The van der Waals surface area contributed by atoms with Crippen molar-refractivity contribution in [1.82, 2.24) is 45.0 Å². The fourth-order valence-electron chi connectivity index (χ4n) is 5.77. The van der Waals surface area contributed by atoms with Gasteiger partial charge < -0.3 is 10.6 Å². The number of imidazole rings is 1. The molecule has 0 unspecified atom stereocenters. The van der Waals surface area contributed by atoms with Gasteiger partial charge in [-0.15, -0.1) is 10.2 Å². The molecule has 0 radical (unpaired) electrons. The normalized spacial score (nSPS) is 13.2. The van der Waals surface area contributed by atoms with Crippen LogP contribution in [0.4, 0.5) is 5.82 Å². The maximum Gasteiger partial charge on any atom is 0.253 e. The van der Waals surface area contributed by atoms with Gasteiger partial charge in [0.15, 0.2) is 11.5 Å². The molecule has 1 aliphatic heterocycles. The summed E-state index contributed by atoms with van der Waals surface area (Å²) in [5.74, 6) is 1.74. The lowest BCUT2D eigenvalue weighted by Crippen LogP contribution is -2.48. The molecule has 45 heavy (non-hydrogen) atoms. The Morgan fingerprint density at radius 2 is 1.67 bits per heavy atom. The number of aromatic amines is 1. The summed E-state index contributed by atoms with van der Waals surface area (Å²) in [7, 11) is 0. The first kappa shape index (κ1) is 26.4. The highest BCUT2D eigenvalue weighted by Crippen LogP contribution is 2.34. The predicted octanol–water partition coefficient (Wildman–Crippen LogP) is 5.15. The zero-order chi connectivity index (χ0) is 30.3. The zero-order valence-electron chi connectivity index (χ0n) is 23.9. The lowest BCUT2D eigenvalue weighted by atomic mass is 9.90. The Morgan fingerprint density at radius 3 is 2.44 bits per heavy atom. The standard InChI is InChI=1S/C34H26N10O/c35-30-27(10-5-17-36-30)32-38-29-16-15-28(22-6-2-1-3-7-22)37-33(29)44(32)26-13-11-21(12-14-26)25-19-43(20-25)34(45)24-9-4-8-23(18-24)31-39-41-42-40-31/h1-18,25H,19-20H2,(H2,35,36)(H,39,40,41,42). The van der Waals surface area contributed by atoms with Crippen molar-refractivity contribution >= 4 is 22.9 Å². The van der Waals surface area contributed by atoms with E-state index < -0.39 is 0 Å². The number of aromatic nitrogens is 8. The Kier molecular flexibility index (Phi) is 6.34. The number of fused-ring (bicyclic) bond motifs is 1. The third-order valence-corrected chi connectivity index (χ3v) is 8.16. The highest BCUT2D eigenvalue weighted by molar-refractivity contribution is 5.96. The Morgan fingerprint density at radius 1 is 0.844 bits per heavy atom. The van der Waals surface area contributed by atoms with Crippen molar-refractivity contribution in [2.45, 2.75) is 5.92 Å². The highest BCUT2D eigenvalue weighted by Gasteiger charge is 2.32. The van der Waals surface area contributed by atoms with Crippen molar-refractivity contribution in [3.05, 3.63) is 120 Å². The second kappa shape index (κ2) is 10.8. The number of nitrogens with one attached hydrogen (secondary N) is 1. The number of nitrogens with two attached hydrogens (primary N) is 1. The highest BCUT2D eigenvalue weighted by atomic mass is 16.2. The van der Waals surface area contributed by atoms with Crippen LogP contribution in [-0.4, -0.2) is 64.0 Å². The molecule has 0 saturated carbocycles. The molecule has 5 heterocycles. The fraction of sp³-hybridized carbons (Fsp3) is 0.0882. The molecule has 218 valence electrons. The van der Waals surface area contributed by atoms with E-state index in [-0.39, 0.29) is 11.8 Å². The van der Waals surface area contributed by atoms with Gasteiger partial charge in [0, 0.05) is 47.6 Å². The van der Waals surface area contributed by atoms with Gasteiger partial charge in [0.05, 0.1) is 11.3 Å². The van der Waals surface area contributed by atoms with E-state index in [1.807, 2.05) is 82.3 Å². The molecule has 0 aliphatic carbocycles. The predicted molar refractivity (Wildman–Crippen MR) is 170 cm³/mol. The van der Waals surface area contributed by atoms with E-state index in [4.69, 9.17) is 15.7 Å². The average molecular weight is 591 g/mol. The van der Waals surface area contributed by atoms with Gasteiger partial charge in [-0.25, -0.2) is 15.0 Å². The number of amides is 1. The summed E-state index contributed by atoms with van der Waals surface area (Å²) in [4.78, 5) is 29.4. The topological polar surface area (TPSA) is 144 Å². The minimum absolute atomic E-state index is 0.0166. The number of likely N-dealkylation sites (tertiary alicyclic amines) is 1. The third-order valence-electron chi connectivity index (χ3n) is 8.16. The molecule has 3 aromatic carbocycles. The second-order valence-corrected chi connectivity index (χ2v) is 10.9. The van der Waals surface area contributed by atoms with Crippen molar-refractivity contribution in [2.75, 3.05) is 18.8 Å². The zero-order valence-corrected chi connectivity index (χ0v) is 23.9. The maximum absolute atomic E-state index is 13.2. The molecule has 11 nitrogen and oxygen atoms in total. The van der Waals surface area contributed by atoms with Gasteiger partial charge in [-0.2, -0.15) is 5.21 Å². The molecule has 1 aliphatic rings. The Balaban J connectivity index is 1.08. The number of benzene rings is 3. The minimum Gasteiger partial charge on any atom is -0.383 e. The quantitative estimate of drug-likeness (QED) is 0.271. The number of nitrogens with zero attached hydrogens (tertiary/aromatic N) is 8. The van der Waals surface area contributed by atoms with E-state index >= 15 is 0 Å². The maximum atomic E-state index is 13.2. The molecule has 0 spiro atoms. The lowest BCUT2D eigenvalue weighted by molar-refractivity contribution is 0.0602. The lowest BCUT2D eigenvalue weighted by Gasteiger charge is -2.39. The monoisotopic (exact) mass is 590 g/mol. The molecule has 4 aromatic heterocycles. The third kappa shape index (κ3) is 4.76. The van der Waals surface area contributed by atoms with Gasteiger partial charge in [0.2, 0.25) is 5.82 Å².